The van der Waals surface area contributed by atoms with Crippen molar-refractivity contribution >= 4 is 5.97 Å². The summed E-state index contributed by atoms with van der Waals surface area (Å²) in [5, 5.41) is 0. The predicted molar refractivity (Wildman–Crippen MR) is 87.3 cm³/mol. The number of rotatable bonds is 4. The summed E-state index contributed by atoms with van der Waals surface area (Å²) in [5.41, 5.74) is 2.62. The SMILES string of the molecule is CC(=O)OC(c1ccc(C2OCCO2)cc1)c1ccc2c(c1)OCO2. The van der Waals surface area contributed by atoms with Gasteiger partial charge in [0.05, 0.1) is 13.2 Å². The van der Waals surface area contributed by atoms with Crippen LogP contribution in [0, 0.1) is 0 Å². The van der Waals surface area contributed by atoms with Crippen molar-refractivity contribution in [2.24, 2.45) is 0 Å². The second-order valence-corrected chi connectivity index (χ2v) is 5.84. The lowest BCUT2D eigenvalue weighted by Gasteiger charge is -2.19. The Balaban J connectivity index is 1.63. The molecule has 1 fully saturated rings. The van der Waals surface area contributed by atoms with Crippen LogP contribution in [-0.4, -0.2) is 26.0 Å². The van der Waals surface area contributed by atoms with Gasteiger partial charge >= 0.3 is 5.97 Å². The first kappa shape index (κ1) is 15.9. The van der Waals surface area contributed by atoms with Crippen LogP contribution in [0.25, 0.3) is 0 Å². The van der Waals surface area contributed by atoms with Crippen molar-refractivity contribution in [2.45, 2.75) is 19.3 Å². The average Bonchev–Trinajstić information content (AvgIpc) is 3.30. The van der Waals surface area contributed by atoms with Crippen LogP contribution < -0.4 is 9.47 Å². The molecule has 2 aliphatic rings. The van der Waals surface area contributed by atoms with E-state index in [9.17, 15) is 4.79 Å². The molecule has 6 nitrogen and oxygen atoms in total. The largest absolute Gasteiger partial charge is 0.454 e. The number of carbonyl (C=O) groups is 1. The van der Waals surface area contributed by atoms with Gasteiger partial charge in [-0.2, -0.15) is 0 Å². The Kier molecular flexibility index (Phi) is 4.29. The zero-order valence-corrected chi connectivity index (χ0v) is 13.8. The van der Waals surface area contributed by atoms with Crippen LogP contribution in [0.1, 0.15) is 36.0 Å². The summed E-state index contributed by atoms with van der Waals surface area (Å²) < 4.78 is 27.3. The quantitative estimate of drug-likeness (QED) is 0.796. The molecule has 0 bridgehead atoms. The third-order valence-corrected chi connectivity index (χ3v) is 4.12. The van der Waals surface area contributed by atoms with E-state index in [4.69, 9.17) is 23.7 Å². The van der Waals surface area contributed by atoms with E-state index < -0.39 is 6.10 Å². The van der Waals surface area contributed by atoms with Gasteiger partial charge in [0.25, 0.3) is 0 Å². The third kappa shape index (κ3) is 3.31. The minimum Gasteiger partial charge on any atom is -0.454 e. The van der Waals surface area contributed by atoms with E-state index in [2.05, 4.69) is 0 Å². The van der Waals surface area contributed by atoms with Crippen molar-refractivity contribution in [2.75, 3.05) is 20.0 Å². The Morgan fingerprint density at radius 1 is 1.00 bits per heavy atom. The highest BCUT2D eigenvalue weighted by atomic mass is 16.7. The van der Waals surface area contributed by atoms with Gasteiger partial charge < -0.3 is 23.7 Å². The minimum absolute atomic E-state index is 0.201. The zero-order valence-electron chi connectivity index (χ0n) is 13.8. The molecule has 25 heavy (non-hydrogen) atoms. The predicted octanol–water partition coefficient (Wildman–Crippen LogP) is 3.11. The number of hydrogen-bond acceptors (Lipinski definition) is 6. The van der Waals surface area contributed by atoms with E-state index >= 15 is 0 Å². The van der Waals surface area contributed by atoms with E-state index in [1.54, 1.807) is 0 Å². The topological polar surface area (TPSA) is 63.2 Å². The van der Waals surface area contributed by atoms with E-state index in [1.165, 1.54) is 6.92 Å². The van der Waals surface area contributed by atoms with Crippen molar-refractivity contribution in [1.82, 2.24) is 0 Å². The summed E-state index contributed by atoms with van der Waals surface area (Å²) in [7, 11) is 0. The molecule has 2 aromatic carbocycles. The molecule has 6 heteroatoms. The lowest BCUT2D eigenvalue weighted by atomic mass is 9.99. The van der Waals surface area contributed by atoms with Crippen molar-refractivity contribution < 1.29 is 28.5 Å². The van der Waals surface area contributed by atoms with E-state index in [0.717, 1.165) is 16.7 Å². The highest BCUT2D eigenvalue weighted by Gasteiger charge is 2.23. The number of carbonyl (C=O) groups excluding carboxylic acids is 1. The minimum atomic E-state index is -0.522. The molecule has 1 atom stereocenters. The van der Waals surface area contributed by atoms with Gasteiger partial charge in [-0.15, -0.1) is 0 Å². The third-order valence-electron chi connectivity index (χ3n) is 4.12. The first-order chi connectivity index (χ1) is 12.2. The summed E-state index contributed by atoms with van der Waals surface area (Å²) in [5.74, 6) is 0.990. The number of hydrogen-bond donors (Lipinski definition) is 0. The Hall–Kier alpha value is -2.57. The zero-order chi connectivity index (χ0) is 17.2. The lowest BCUT2D eigenvalue weighted by molar-refractivity contribution is -0.144. The number of fused-ring (bicyclic) bond motifs is 1. The molecule has 0 amide bonds. The molecule has 1 saturated heterocycles. The fourth-order valence-electron chi connectivity index (χ4n) is 2.95. The van der Waals surface area contributed by atoms with Crippen LogP contribution in [0.3, 0.4) is 0 Å². The van der Waals surface area contributed by atoms with Crippen LogP contribution in [0.4, 0.5) is 0 Å². The molecular weight excluding hydrogens is 324 g/mol. The van der Waals surface area contributed by atoms with E-state index in [0.29, 0.717) is 24.7 Å². The molecule has 0 aliphatic carbocycles. The molecule has 2 aliphatic heterocycles. The maximum Gasteiger partial charge on any atom is 0.303 e. The summed E-state index contributed by atoms with van der Waals surface area (Å²) in [6, 6.07) is 13.2. The van der Waals surface area contributed by atoms with Gasteiger partial charge in [0, 0.05) is 18.1 Å². The lowest BCUT2D eigenvalue weighted by Crippen LogP contribution is -2.10. The second-order valence-electron chi connectivity index (χ2n) is 5.84. The monoisotopic (exact) mass is 342 g/mol. The maximum atomic E-state index is 11.6. The molecule has 1 unspecified atom stereocenters. The van der Waals surface area contributed by atoms with Gasteiger partial charge in [0.15, 0.2) is 23.9 Å². The number of ether oxygens (including phenoxy) is 5. The molecule has 0 aromatic heterocycles. The van der Waals surface area contributed by atoms with Crippen molar-refractivity contribution in [3.05, 3.63) is 59.2 Å². The van der Waals surface area contributed by atoms with E-state index in [-0.39, 0.29) is 19.1 Å². The summed E-state index contributed by atoms with van der Waals surface area (Å²) in [6.45, 7) is 2.79. The molecular formula is C19H18O6. The van der Waals surface area contributed by atoms with Crippen LogP contribution in [0.5, 0.6) is 11.5 Å². The van der Waals surface area contributed by atoms with Gasteiger partial charge in [0.1, 0.15) is 0 Å². The summed E-state index contributed by atoms with van der Waals surface area (Å²) in [6.07, 6.45) is -0.849. The van der Waals surface area contributed by atoms with Crippen molar-refractivity contribution in [3.63, 3.8) is 0 Å². The smallest absolute Gasteiger partial charge is 0.303 e. The van der Waals surface area contributed by atoms with Gasteiger partial charge in [-0.1, -0.05) is 30.3 Å². The van der Waals surface area contributed by atoms with E-state index in [1.807, 2.05) is 42.5 Å². The Morgan fingerprint density at radius 3 is 2.40 bits per heavy atom. The average molecular weight is 342 g/mol. The van der Waals surface area contributed by atoms with Crippen LogP contribution in [-0.2, 0) is 19.0 Å². The van der Waals surface area contributed by atoms with Gasteiger partial charge in [-0.05, 0) is 17.7 Å². The van der Waals surface area contributed by atoms with Crippen LogP contribution in [0.2, 0.25) is 0 Å². The Morgan fingerprint density at radius 2 is 1.68 bits per heavy atom. The molecule has 4 rings (SSSR count). The van der Waals surface area contributed by atoms with Crippen LogP contribution in [0.15, 0.2) is 42.5 Å². The fourth-order valence-corrected chi connectivity index (χ4v) is 2.95. The number of benzene rings is 2. The summed E-state index contributed by atoms with van der Waals surface area (Å²) in [4.78, 5) is 11.6. The second kappa shape index (κ2) is 6.74. The van der Waals surface area contributed by atoms with Gasteiger partial charge in [0.2, 0.25) is 6.79 Å². The number of esters is 1. The van der Waals surface area contributed by atoms with Gasteiger partial charge in [-0.3, -0.25) is 4.79 Å². The molecule has 0 saturated carbocycles. The van der Waals surface area contributed by atoms with Crippen molar-refractivity contribution in [3.8, 4) is 11.5 Å². The van der Waals surface area contributed by atoms with Crippen molar-refractivity contribution in [1.29, 1.82) is 0 Å². The molecule has 0 N–H and O–H groups in total. The fraction of sp³-hybridized carbons (Fsp3) is 0.316. The maximum absolute atomic E-state index is 11.6. The van der Waals surface area contributed by atoms with Crippen LogP contribution >= 0.6 is 0 Å². The standard InChI is InChI=1S/C19H18O6/c1-12(20)25-18(15-6-7-16-17(10-15)24-11-23-16)13-2-4-14(5-3-13)19-21-8-9-22-19/h2-7,10,18-19H,8-9,11H2,1H3. The molecule has 2 heterocycles. The summed E-state index contributed by atoms with van der Waals surface area (Å²) >= 11 is 0. The Bertz CT molecular complexity index is 764. The first-order valence-electron chi connectivity index (χ1n) is 8.10. The van der Waals surface area contributed by atoms with Gasteiger partial charge in [-0.25, -0.2) is 0 Å². The normalized spacial score (nSPS) is 17.5. The molecule has 2 aromatic rings. The Labute approximate surface area is 145 Å². The highest BCUT2D eigenvalue weighted by Crippen LogP contribution is 2.37. The highest BCUT2D eigenvalue weighted by molar-refractivity contribution is 5.67. The molecule has 130 valence electrons. The molecule has 0 radical (unpaired) electrons. The first-order valence-corrected chi connectivity index (χ1v) is 8.10. The molecule has 0 spiro atoms.